The molecule has 4 N–H and O–H groups in total. The Bertz CT molecular complexity index is 750. The Kier molecular flexibility index (Phi) is 8.02. The first-order valence-electron chi connectivity index (χ1n) is 7.99. The van der Waals surface area contributed by atoms with Crippen LogP contribution in [0.2, 0.25) is 0 Å². The predicted molar refractivity (Wildman–Crippen MR) is 107 cm³/mol. The number of rotatable bonds is 4. The summed E-state index contributed by atoms with van der Waals surface area (Å²) in [4.78, 5) is 28.4. The van der Waals surface area contributed by atoms with Gasteiger partial charge in [-0.1, -0.05) is 18.9 Å². The molecule has 1 saturated carbocycles. The third-order valence-corrected chi connectivity index (χ3v) is 4.27. The monoisotopic (exact) mass is 396 g/mol. The molecule has 1 heterocycles. The number of nitrogens with one attached hydrogen (secondary N) is 2. The fraction of sp³-hybridized carbons (Fsp3) is 0.278. The van der Waals surface area contributed by atoms with Crippen molar-refractivity contribution in [2.75, 3.05) is 10.6 Å². The molecule has 2 aromatic rings. The predicted octanol–water partition coefficient (Wildman–Crippen LogP) is 3.39. The minimum absolute atomic E-state index is 0. The first kappa shape index (κ1) is 21.9. The van der Waals surface area contributed by atoms with Crippen LogP contribution < -0.4 is 16.4 Å². The third kappa shape index (κ3) is 5.17. The molecule has 1 aromatic heterocycles. The van der Waals surface area contributed by atoms with Crippen LogP contribution in [0, 0.1) is 0 Å². The quantitative estimate of drug-likeness (QED) is 0.737. The van der Waals surface area contributed by atoms with Gasteiger partial charge in [0.2, 0.25) is 5.91 Å². The molecule has 0 radical (unpaired) electrons. The highest BCUT2D eigenvalue weighted by molar-refractivity contribution is 6.05. The SMILES string of the molecule is Cl.Cl.NC1(C(=O)Nc2cccc(NC(=O)c3ccncc3)c2)CCCC1. The number of carbonyl (C=O) groups is 2. The van der Waals surface area contributed by atoms with Gasteiger partial charge in [-0.25, -0.2) is 0 Å². The van der Waals surface area contributed by atoms with Crippen LogP contribution in [-0.2, 0) is 4.79 Å². The molecular weight excluding hydrogens is 375 g/mol. The first-order chi connectivity index (χ1) is 11.6. The number of anilines is 2. The minimum atomic E-state index is -0.781. The number of hydrogen-bond donors (Lipinski definition) is 3. The summed E-state index contributed by atoms with van der Waals surface area (Å²) in [6.45, 7) is 0. The third-order valence-electron chi connectivity index (χ3n) is 4.27. The van der Waals surface area contributed by atoms with Crippen molar-refractivity contribution in [3.05, 3.63) is 54.4 Å². The lowest BCUT2D eigenvalue weighted by molar-refractivity contribution is -0.121. The van der Waals surface area contributed by atoms with Gasteiger partial charge in [0.25, 0.3) is 5.91 Å². The van der Waals surface area contributed by atoms with Gasteiger partial charge in [-0.05, 0) is 43.2 Å². The number of aromatic nitrogens is 1. The van der Waals surface area contributed by atoms with Crippen LogP contribution in [-0.4, -0.2) is 22.3 Å². The van der Waals surface area contributed by atoms with E-state index in [2.05, 4.69) is 15.6 Å². The van der Waals surface area contributed by atoms with E-state index < -0.39 is 5.54 Å². The van der Waals surface area contributed by atoms with Gasteiger partial charge in [0.1, 0.15) is 0 Å². The van der Waals surface area contributed by atoms with Gasteiger partial charge in [-0.3, -0.25) is 14.6 Å². The number of nitrogens with zero attached hydrogens (tertiary/aromatic N) is 1. The maximum atomic E-state index is 12.4. The van der Waals surface area contributed by atoms with Gasteiger partial charge in [-0.2, -0.15) is 0 Å². The highest BCUT2D eigenvalue weighted by Gasteiger charge is 2.36. The molecule has 8 heteroatoms. The second-order valence-electron chi connectivity index (χ2n) is 6.09. The Morgan fingerprint density at radius 3 is 2.15 bits per heavy atom. The summed E-state index contributed by atoms with van der Waals surface area (Å²) in [5.74, 6) is -0.399. The highest BCUT2D eigenvalue weighted by Crippen LogP contribution is 2.28. The average Bonchev–Trinajstić information content (AvgIpc) is 3.04. The highest BCUT2D eigenvalue weighted by atomic mass is 35.5. The number of amides is 2. The average molecular weight is 397 g/mol. The molecule has 0 atom stereocenters. The van der Waals surface area contributed by atoms with Crippen molar-refractivity contribution in [1.82, 2.24) is 4.98 Å². The van der Waals surface area contributed by atoms with Gasteiger partial charge in [0.05, 0.1) is 5.54 Å². The Morgan fingerprint density at radius 2 is 1.54 bits per heavy atom. The molecule has 1 fully saturated rings. The molecule has 26 heavy (non-hydrogen) atoms. The van der Waals surface area contributed by atoms with Gasteiger partial charge < -0.3 is 16.4 Å². The Morgan fingerprint density at radius 1 is 0.962 bits per heavy atom. The zero-order chi connectivity index (χ0) is 17.0. The summed E-state index contributed by atoms with van der Waals surface area (Å²) in [6, 6.07) is 10.3. The first-order valence-corrected chi connectivity index (χ1v) is 7.99. The maximum Gasteiger partial charge on any atom is 0.255 e. The normalized spacial score (nSPS) is 14.5. The lowest BCUT2D eigenvalue weighted by Crippen LogP contribution is -2.48. The van der Waals surface area contributed by atoms with E-state index in [1.165, 1.54) is 0 Å². The Labute approximate surface area is 164 Å². The van der Waals surface area contributed by atoms with Crippen molar-refractivity contribution in [2.24, 2.45) is 5.73 Å². The van der Waals surface area contributed by atoms with Crippen LogP contribution >= 0.6 is 24.8 Å². The molecule has 140 valence electrons. The van der Waals surface area contributed by atoms with Crippen LogP contribution in [0.4, 0.5) is 11.4 Å². The smallest absolute Gasteiger partial charge is 0.255 e. The minimum Gasteiger partial charge on any atom is -0.324 e. The summed E-state index contributed by atoms with van der Waals surface area (Å²) in [7, 11) is 0. The van der Waals surface area contributed by atoms with E-state index in [9.17, 15) is 9.59 Å². The van der Waals surface area contributed by atoms with Crippen molar-refractivity contribution in [2.45, 2.75) is 31.2 Å². The largest absolute Gasteiger partial charge is 0.324 e. The second kappa shape index (κ2) is 9.52. The van der Waals surface area contributed by atoms with Gasteiger partial charge in [0, 0.05) is 29.3 Å². The van der Waals surface area contributed by atoms with E-state index in [-0.39, 0.29) is 36.6 Å². The Balaban J connectivity index is 0.00000169. The molecule has 1 aliphatic rings. The molecule has 0 spiro atoms. The number of halogens is 2. The summed E-state index contributed by atoms with van der Waals surface area (Å²) in [5.41, 5.74) is 7.11. The topological polar surface area (TPSA) is 97.1 Å². The lowest BCUT2D eigenvalue weighted by atomic mass is 9.98. The summed E-state index contributed by atoms with van der Waals surface area (Å²) < 4.78 is 0. The van der Waals surface area contributed by atoms with Crippen molar-refractivity contribution >= 4 is 48.0 Å². The second-order valence-corrected chi connectivity index (χ2v) is 6.09. The molecule has 0 unspecified atom stereocenters. The fourth-order valence-corrected chi connectivity index (χ4v) is 2.87. The van der Waals surface area contributed by atoms with Crippen molar-refractivity contribution in [1.29, 1.82) is 0 Å². The van der Waals surface area contributed by atoms with Crippen LogP contribution in [0.3, 0.4) is 0 Å². The van der Waals surface area contributed by atoms with Gasteiger partial charge in [-0.15, -0.1) is 24.8 Å². The maximum absolute atomic E-state index is 12.4. The number of pyridine rings is 1. The summed E-state index contributed by atoms with van der Waals surface area (Å²) in [5, 5.41) is 5.65. The summed E-state index contributed by atoms with van der Waals surface area (Å²) >= 11 is 0. The number of nitrogens with two attached hydrogens (primary N) is 1. The zero-order valence-corrected chi connectivity index (χ0v) is 15.7. The lowest BCUT2D eigenvalue weighted by Gasteiger charge is -2.22. The number of carbonyl (C=O) groups excluding carboxylic acids is 2. The van der Waals surface area contributed by atoms with E-state index in [0.717, 1.165) is 12.8 Å². The molecule has 3 rings (SSSR count). The molecule has 2 amide bonds. The van der Waals surface area contributed by atoms with Crippen LogP contribution in [0.25, 0.3) is 0 Å². The molecule has 1 aromatic carbocycles. The molecule has 6 nitrogen and oxygen atoms in total. The van der Waals surface area contributed by atoms with E-state index >= 15 is 0 Å². The Hall–Kier alpha value is -2.15. The van der Waals surface area contributed by atoms with E-state index in [0.29, 0.717) is 29.8 Å². The van der Waals surface area contributed by atoms with Gasteiger partial charge in [0.15, 0.2) is 0 Å². The van der Waals surface area contributed by atoms with Crippen LogP contribution in [0.1, 0.15) is 36.0 Å². The molecule has 0 saturated heterocycles. The number of benzene rings is 1. The van der Waals surface area contributed by atoms with Crippen molar-refractivity contribution in [3.8, 4) is 0 Å². The summed E-state index contributed by atoms with van der Waals surface area (Å²) in [6.07, 6.45) is 6.49. The van der Waals surface area contributed by atoms with Crippen molar-refractivity contribution in [3.63, 3.8) is 0 Å². The standard InChI is InChI=1S/C18H20N4O2.2ClH/c19-18(8-1-2-9-18)17(24)22-15-5-3-4-14(12-15)21-16(23)13-6-10-20-11-7-13;;/h3-7,10-12H,1-2,8-9,19H2,(H,21,23)(H,22,24);2*1H. The fourth-order valence-electron chi connectivity index (χ4n) is 2.87. The molecular formula is C18H22Cl2N4O2. The number of hydrogen-bond acceptors (Lipinski definition) is 4. The van der Waals surface area contributed by atoms with Crippen molar-refractivity contribution < 1.29 is 9.59 Å². The van der Waals surface area contributed by atoms with Crippen LogP contribution in [0.15, 0.2) is 48.8 Å². The zero-order valence-electron chi connectivity index (χ0n) is 14.1. The van der Waals surface area contributed by atoms with E-state index in [1.807, 2.05) is 0 Å². The van der Waals surface area contributed by atoms with E-state index in [1.54, 1.807) is 48.8 Å². The van der Waals surface area contributed by atoms with Crippen LogP contribution in [0.5, 0.6) is 0 Å². The van der Waals surface area contributed by atoms with E-state index in [4.69, 9.17) is 5.73 Å². The molecule has 0 bridgehead atoms. The molecule has 0 aliphatic heterocycles. The molecule has 1 aliphatic carbocycles. The van der Waals surface area contributed by atoms with Gasteiger partial charge >= 0.3 is 0 Å².